The van der Waals surface area contributed by atoms with E-state index in [2.05, 4.69) is 15.0 Å². The summed E-state index contributed by atoms with van der Waals surface area (Å²) in [6, 6.07) is 0. The van der Waals surface area contributed by atoms with Crippen molar-refractivity contribution in [3.8, 4) is 0 Å². The SMILES string of the molecule is CC(C)OCc1ncnc(N)n1. The summed E-state index contributed by atoms with van der Waals surface area (Å²) in [4.78, 5) is 11.4. The standard InChI is InChI=1S/C7H12N4O/c1-5(2)12-3-6-9-4-10-7(8)11-6/h4-5H,3H2,1-2H3,(H2,8,9,10,11). The molecule has 12 heavy (non-hydrogen) atoms. The summed E-state index contributed by atoms with van der Waals surface area (Å²) < 4.78 is 5.27. The lowest BCUT2D eigenvalue weighted by atomic mass is 10.5. The van der Waals surface area contributed by atoms with Crippen molar-refractivity contribution in [2.24, 2.45) is 0 Å². The van der Waals surface area contributed by atoms with E-state index in [-0.39, 0.29) is 12.1 Å². The first-order valence-corrected chi connectivity index (χ1v) is 3.73. The Balaban J connectivity index is 2.52. The molecule has 0 aromatic carbocycles. The Bertz CT molecular complexity index is 251. The Labute approximate surface area is 71.0 Å². The molecular weight excluding hydrogens is 156 g/mol. The molecule has 0 bridgehead atoms. The van der Waals surface area contributed by atoms with Crippen LogP contribution in [-0.4, -0.2) is 21.1 Å². The van der Waals surface area contributed by atoms with Crippen molar-refractivity contribution in [1.29, 1.82) is 0 Å². The Hall–Kier alpha value is -1.23. The van der Waals surface area contributed by atoms with Gasteiger partial charge >= 0.3 is 0 Å². The molecule has 2 N–H and O–H groups in total. The Morgan fingerprint density at radius 1 is 1.50 bits per heavy atom. The van der Waals surface area contributed by atoms with Gasteiger partial charge in [0.2, 0.25) is 5.95 Å². The maximum Gasteiger partial charge on any atom is 0.223 e. The zero-order chi connectivity index (χ0) is 8.97. The number of nitrogen functional groups attached to an aromatic ring is 1. The monoisotopic (exact) mass is 168 g/mol. The molecular formula is C7H12N4O. The highest BCUT2D eigenvalue weighted by Crippen LogP contribution is 1.97. The fourth-order valence-corrected chi connectivity index (χ4v) is 0.655. The second kappa shape index (κ2) is 3.96. The number of hydrogen-bond acceptors (Lipinski definition) is 5. The van der Waals surface area contributed by atoms with E-state index in [0.717, 1.165) is 0 Å². The molecule has 1 aromatic rings. The lowest BCUT2D eigenvalue weighted by Gasteiger charge is -2.05. The molecule has 1 aromatic heterocycles. The summed E-state index contributed by atoms with van der Waals surface area (Å²) in [5.74, 6) is 0.795. The molecule has 0 saturated heterocycles. The molecule has 5 nitrogen and oxygen atoms in total. The highest BCUT2D eigenvalue weighted by Gasteiger charge is 1.99. The number of aromatic nitrogens is 3. The van der Waals surface area contributed by atoms with Gasteiger partial charge in [-0.15, -0.1) is 0 Å². The zero-order valence-electron chi connectivity index (χ0n) is 7.19. The van der Waals surface area contributed by atoms with Crippen LogP contribution in [0.1, 0.15) is 19.7 Å². The fourth-order valence-electron chi connectivity index (χ4n) is 0.655. The quantitative estimate of drug-likeness (QED) is 0.706. The third kappa shape index (κ3) is 2.79. The van der Waals surface area contributed by atoms with Gasteiger partial charge in [0.25, 0.3) is 0 Å². The van der Waals surface area contributed by atoms with Gasteiger partial charge in [0.15, 0.2) is 5.82 Å². The summed E-state index contributed by atoms with van der Waals surface area (Å²) in [6.07, 6.45) is 1.55. The molecule has 0 spiro atoms. The summed E-state index contributed by atoms with van der Waals surface area (Å²) in [5, 5.41) is 0. The van der Waals surface area contributed by atoms with Crippen LogP contribution in [0, 0.1) is 0 Å². The molecule has 1 heterocycles. The van der Waals surface area contributed by atoms with Gasteiger partial charge in [-0.2, -0.15) is 4.98 Å². The van der Waals surface area contributed by atoms with E-state index in [4.69, 9.17) is 10.5 Å². The lowest BCUT2D eigenvalue weighted by molar-refractivity contribution is 0.0612. The van der Waals surface area contributed by atoms with Gasteiger partial charge in [-0.3, -0.25) is 0 Å². The van der Waals surface area contributed by atoms with Gasteiger partial charge in [-0.25, -0.2) is 9.97 Å². The number of nitrogens with two attached hydrogens (primary N) is 1. The Morgan fingerprint density at radius 3 is 2.83 bits per heavy atom. The minimum absolute atomic E-state index is 0.169. The van der Waals surface area contributed by atoms with E-state index in [9.17, 15) is 0 Å². The number of rotatable bonds is 3. The van der Waals surface area contributed by atoms with Crippen LogP contribution >= 0.6 is 0 Å². The van der Waals surface area contributed by atoms with E-state index in [0.29, 0.717) is 12.4 Å². The predicted octanol–water partition coefficient (Wildman–Crippen LogP) is 0.379. The Morgan fingerprint density at radius 2 is 2.25 bits per heavy atom. The van der Waals surface area contributed by atoms with Gasteiger partial charge in [-0.1, -0.05) is 0 Å². The summed E-state index contributed by atoms with van der Waals surface area (Å²) >= 11 is 0. The van der Waals surface area contributed by atoms with Crippen LogP contribution in [0.4, 0.5) is 5.95 Å². The van der Waals surface area contributed by atoms with Crippen molar-refractivity contribution in [1.82, 2.24) is 15.0 Å². The summed E-state index contributed by atoms with van der Waals surface area (Å²) in [5.41, 5.74) is 5.35. The van der Waals surface area contributed by atoms with Gasteiger partial charge in [-0.05, 0) is 13.8 Å². The first-order valence-electron chi connectivity index (χ1n) is 3.73. The minimum Gasteiger partial charge on any atom is -0.371 e. The van der Waals surface area contributed by atoms with Gasteiger partial charge in [0.1, 0.15) is 12.9 Å². The number of anilines is 1. The second-order valence-electron chi connectivity index (χ2n) is 2.62. The third-order valence-corrected chi connectivity index (χ3v) is 1.19. The molecule has 0 unspecified atom stereocenters. The summed E-state index contributed by atoms with van der Waals surface area (Å²) in [7, 11) is 0. The fraction of sp³-hybridized carbons (Fsp3) is 0.571. The van der Waals surface area contributed by atoms with Crippen molar-refractivity contribution >= 4 is 5.95 Å². The van der Waals surface area contributed by atoms with Crippen molar-refractivity contribution in [2.45, 2.75) is 26.6 Å². The van der Waals surface area contributed by atoms with Crippen LogP contribution in [-0.2, 0) is 11.3 Å². The first kappa shape index (κ1) is 8.86. The maximum absolute atomic E-state index is 5.35. The molecule has 0 aliphatic carbocycles. The topological polar surface area (TPSA) is 73.9 Å². The van der Waals surface area contributed by atoms with Crippen LogP contribution in [0.2, 0.25) is 0 Å². The molecule has 0 saturated carbocycles. The van der Waals surface area contributed by atoms with E-state index < -0.39 is 0 Å². The van der Waals surface area contributed by atoms with E-state index >= 15 is 0 Å². The molecule has 0 aliphatic rings. The van der Waals surface area contributed by atoms with E-state index in [1.807, 2.05) is 13.8 Å². The molecule has 66 valence electrons. The molecule has 0 radical (unpaired) electrons. The van der Waals surface area contributed by atoms with Crippen molar-refractivity contribution in [3.63, 3.8) is 0 Å². The lowest BCUT2D eigenvalue weighted by Crippen LogP contribution is -2.07. The Kier molecular flexibility index (Phi) is 2.93. The molecule has 0 fully saturated rings. The van der Waals surface area contributed by atoms with E-state index in [1.54, 1.807) is 0 Å². The molecule has 0 amide bonds. The predicted molar refractivity (Wildman–Crippen MR) is 44.2 cm³/mol. The van der Waals surface area contributed by atoms with Crippen molar-refractivity contribution in [2.75, 3.05) is 5.73 Å². The van der Waals surface area contributed by atoms with Gasteiger partial charge in [0.05, 0.1) is 6.10 Å². The first-order chi connectivity index (χ1) is 5.68. The highest BCUT2D eigenvalue weighted by atomic mass is 16.5. The highest BCUT2D eigenvalue weighted by molar-refractivity contribution is 5.11. The van der Waals surface area contributed by atoms with Crippen LogP contribution in [0.25, 0.3) is 0 Å². The minimum atomic E-state index is 0.169. The molecule has 5 heteroatoms. The molecule has 0 aliphatic heterocycles. The van der Waals surface area contributed by atoms with Gasteiger partial charge < -0.3 is 10.5 Å². The maximum atomic E-state index is 5.35. The van der Waals surface area contributed by atoms with Crippen molar-refractivity contribution in [3.05, 3.63) is 12.2 Å². The molecule has 1 rings (SSSR count). The zero-order valence-corrected chi connectivity index (χ0v) is 7.19. The largest absolute Gasteiger partial charge is 0.371 e. The number of nitrogens with zero attached hydrogens (tertiary/aromatic N) is 3. The van der Waals surface area contributed by atoms with Crippen LogP contribution in [0.15, 0.2) is 6.33 Å². The van der Waals surface area contributed by atoms with Crippen LogP contribution < -0.4 is 5.73 Å². The second-order valence-corrected chi connectivity index (χ2v) is 2.62. The summed E-state index contributed by atoms with van der Waals surface area (Å²) in [6.45, 7) is 4.28. The third-order valence-electron chi connectivity index (χ3n) is 1.19. The van der Waals surface area contributed by atoms with Crippen LogP contribution in [0.5, 0.6) is 0 Å². The van der Waals surface area contributed by atoms with Gasteiger partial charge in [0, 0.05) is 0 Å². The number of ether oxygens (including phenoxy) is 1. The van der Waals surface area contributed by atoms with E-state index in [1.165, 1.54) is 6.33 Å². The average Bonchev–Trinajstić information content (AvgIpc) is 2.01. The molecule has 0 atom stereocenters. The smallest absolute Gasteiger partial charge is 0.223 e. The van der Waals surface area contributed by atoms with Crippen LogP contribution in [0.3, 0.4) is 0 Å². The normalized spacial score (nSPS) is 10.6. The number of hydrogen-bond donors (Lipinski definition) is 1. The van der Waals surface area contributed by atoms with Crippen molar-refractivity contribution < 1.29 is 4.74 Å². The average molecular weight is 168 g/mol.